The van der Waals surface area contributed by atoms with E-state index in [-0.39, 0.29) is 45.7 Å². The van der Waals surface area contributed by atoms with E-state index in [0.29, 0.717) is 39.0 Å². The molecular weight excluding hydrogens is 657 g/mol. The number of rotatable bonds is 5. The highest BCUT2D eigenvalue weighted by molar-refractivity contribution is 6.23. The Labute approximate surface area is 323 Å². The zero-order valence-corrected chi connectivity index (χ0v) is 28.7. The molecule has 0 saturated heterocycles. The summed E-state index contributed by atoms with van der Waals surface area (Å²) in [4.78, 5) is 0. The molecule has 0 aliphatic rings. The van der Waals surface area contributed by atoms with Gasteiger partial charge < -0.3 is 8.83 Å². The summed E-state index contributed by atoms with van der Waals surface area (Å²) in [7, 11) is 0. The van der Waals surface area contributed by atoms with Gasteiger partial charge in [-0.05, 0) is 78.7 Å². The van der Waals surface area contributed by atoms with E-state index in [1.807, 2.05) is 109 Å². The summed E-state index contributed by atoms with van der Waals surface area (Å²) < 4.78 is 85.2. The van der Waals surface area contributed by atoms with Crippen LogP contribution < -0.4 is 0 Å². The van der Waals surface area contributed by atoms with Gasteiger partial charge in [0, 0.05) is 21.9 Å². The van der Waals surface area contributed by atoms with Gasteiger partial charge in [0.25, 0.3) is 0 Å². The summed E-state index contributed by atoms with van der Waals surface area (Å²) >= 11 is 0. The molecule has 2 nitrogen and oxygen atoms in total. The summed E-state index contributed by atoms with van der Waals surface area (Å²) in [5.74, 6) is 0.752. The molecule has 11 aromatic rings. The summed E-state index contributed by atoms with van der Waals surface area (Å²) in [5.41, 5.74) is 8.47. The highest BCUT2D eigenvalue weighted by Crippen LogP contribution is 2.48. The largest absolute Gasteiger partial charge is 0.455 e. The molecule has 0 N–H and O–H groups in total. The average Bonchev–Trinajstić information content (AvgIpc) is 3.91. The van der Waals surface area contributed by atoms with Gasteiger partial charge in [0.15, 0.2) is 0 Å². The lowest BCUT2D eigenvalue weighted by molar-refractivity contribution is 0.631. The molecule has 2 aromatic heterocycles. The average molecular weight is 697 g/mol. The number of hydrogen-bond acceptors (Lipinski definition) is 2. The molecular formula is C52H32O2. The maximum absolute atomic E-state index is 9.27. The van der Waals surface area contributed by atoms with Crippen molar-refractivity contribution in [3.05, 3.63) is 194 Å². The molecule has 2 heteroatoms. The molecule has 54 heavy (non-hydrogen) atoms. The lowest BCUT2D eigenvalue weighted by Crippen LogP contribution is -1.90. The molecule has 0 fully saturated rings. The van der Waals surface area contributed by atoms with Gasteiger partial charge in [-0.2, -0.15) is 0 Å². The zero-order chi connectivity index (χ0) is 42.6. The zero-order valence-electron chi connectivity index (χ0n) is 36.7. The Morgan fingerprint density at radius 2 is 0.815 bits per heavy atom. The second-order valence-electron chi connectivity index (χ2n) is 13.3. The van der Waals surface area contributed by atoms with Crippen LogP contribution in [0.25, 0.3) is 110 Å². The van der Waals surface area contributed by atoms with E-state index >= 15 is 0 Å². The van der Waals surface area contributed by atoms with Crippen LogP contribution in [0, 0.1) is 0 Å². The van der Waals surface area contributed by atoms with Crippen molar-refractivity contribution in [2.24, 2.45) is 0 Å². The first-order valence-corrected chi connectivity index (χ1v) is 17.8. The highest BCUT2D eigenvalue weighted by atomic mass is 16.3. The number of benzene rings is 9. The molecule has 2 heterocycles. The van der Waals surface area contributed by atoms with Gasteiger partial charge in [0.1, 0.15) is 22.5 Å². The minimum atomic E-state index is -0.434. The fourth-order valence-electron chi connectivity index (χ4n) is 8.00. The van der Waals surface area contributed by atoms with Gasteiger partial charge in [0.05, 0.1) is 16.4 Å². The van der Waals surface area contributed by atoms with Crippen molar-refractivity contribution in [2.75, 3.05) is 0 Å². The van der Waals surface area contributed by atoms with Crippen LogP contribution in [0.1, 0.15) is 11.0 Å². The fourth-order valence-corrected chi connectivity index (χ4v) is 8.00. The molecule has 252 valence electrons. The molecule has 9 aromatic carbocycles. The number of furan rings is 2. The normalized spacial score (nSPS) is 13.8. The molecule has 0 aliphatic heterocycles. The van der Waals surface area contributed by atoms with E-state index < -0.39 is 24.2 Å². The van der Waals surface area contributed by atoms with Gasteiger partial charge in [-0.1, -0.05) is 176 Å². The monoisotopic (exact) mass is 696 g/mol. The Morgan fingerprint density at radius 3 is 1.39 bits per heavy atom. The standard InChI is InChI=1S/C52H32O2/c1-4-15-34(16-5-1)46-39-21-10-12-23-41(39)47(42-24-13-11-22-40(42)46)36-29-27-33(28-30-36)38-25-14-26-44-49(38)43-31-32-45-50(52(43)54-44)48(35-17-6-2-7-18-35)51(53-45)37-19-8-3-9-20-37/h1-32H/i10D,11D,12D,13D,21D,22D,23D,24D. The van der Waals surface area contributed by atoms with Gasteiger partial charge >= 0.3 is 0 Å². The van der Waals surface area contributed by atoms with Crippen LogP contribution in [-0.2, 0) is 0 Å². The van der Waals surface area contributed by atoms with Gasteiger partial charge in [0.2, 0.25) is 0 Å². The maximum atomic E-state index is 9.27. The first-order valence-electron chi connectivity index (χ1n) is 21.8. The summed E-state index contributed by atoms with van der Waals surface area (Å²) in [6.07, 6.45) is 0. The lowest BCUT2D eigenvalue weighted by atomic mass is 9.85. The van der Waals surface area contributed by atoms with Crippen LogP contribution in [0.15, 0.2) is 203 Å². The Bertz CT molecular complexity index is 3560. The van der Waals surface area contributed by atoms with Crippen molar-refractivity contribution in [1.82, 2.24) is 0 Å². The molecule has 0 bridgehead atoms. The molecule has 0 unspecified atom stereocenters. The van der Waals surface area contributed by atoms with Gasteiger partial charge in [-0.15, -0.1) is 0 Å². The minimum absolute atomic E-state index is 0.177. The second-order valence-corrected chi connectivity index (χ2v) is 13.3. The molecule has 11 rings (SSSR count). The van der Waals surface area contributed by atoms with Crippen molar-refractivity contribution in [3.8, 4) is 55.8 Å². The summed E-state index contributed by atoms with van der Waals surface area (Å²) in [6.45, 7) is 0. The summed E-state index contributed by atoms with van der Waals surface area (Å²) in [5, 5.41) is 3.41. The highest BCUT2D eigenvalue weighted by Gasteiger charge is 2.24. The van der Waals surface area contributed by atoms with Crippen molar-refractivity contribution >= 4 is 54.5 Å². The maximum Gasteiger partial charge on any atom is 0.147 e. The van der Waals surface area contributed by atoms with Gasteiger partial charge in [-0.3, -0.25) is 0 Å². The third-order valence-corrected chi connectivity index (χ3v) is 10.3. The molecule has 0 radical (unpaired) electrons. The van der Waals surface area contributed by atoms with E-state index in [9.17, 15) is 5.48 Å². The molecule has 0 atom stereocenters. The topological polar surface area (TPSA) is 26.3 Å². The van der Waals surface area contributed by atoms with Crippen LogP contribution in [0.2, 0.25) is 0 Å². The smallest absolute Gasteiger partial charge is 0.147 e. The SMILES string of the molecule is [2H]c1c([2H])c([2H])c2c(-c3ccc(-c4cccc5oc6c(ccc7oc(-c8ccccc8)c(-c8ccccc8)c76)c45)cc3)c3c([2H])c([2H])c([2H])c([2H])c3c(-c3ccccc3)c2c1[2H]. The fraction of sp³-hybridized carbons (Fsp3) is 0. The van der Waals surface area contributed by atoms with Gasteiger partial charge in [-0.25, -0.2) is 0 Å². The van der Waals surface area contributed by atoms with E-state index in [4.69, 9.17) is 14.3 Å². The molecule has 0 aliphatic carbocycles. The quantitative estimate of drug-likeness (QED) is 0.167. The van der Waals surface area contributed by atoms with E-state index in [1.54, 1.807) is 24.3 Å². The van der Waals surface area contributed by atoms with Crippen molar-refractivity contribution in [3.63, 3.8) is 0 Å². The first kappa shape index (κ1) is 23.4. The third-order valence-electron chi connectivity index (χ3n) is 10.3. The number of fused-ring (bicyclic) bond motifs is 7. The predicted octanol–water partition coefficient (Wildman–Crippen LogP) is 15.0. The lowest BCUT2D eigenvalue weighted by Gasteiger charge is -2.18. The van der Waals surface area contributed by atoms with Crippen LogP contribution in [-0.4, -0.2) is 0 Å². The van der Waals surface area contributed by atoms with Crippen molar-refractivity contribution in [1.29, 1.82) is 0 Å². The number of hydrogen-bond donors (Lipinski definition) is 0. The van der Waals surface area contributed by atoms with Crippen molar-refractivity contribution < 1.29 is 19.8 Å². The van der Waals surface area contributed by atoms with Crippen molar-refractivity contribution in [2.45, 2.75) is 0 Å². The van der Waals surface area contributed by atoms with E-state index in [2.05, 4.69) is 12.1 Å². The van der Waals surface area contributed by atoms with Crippen LogP contribution in [0.5, 0.6) is 0 Å². The molecule has 0 saturated carbocycles. The Kier molecular flexibility index (Phi) is 5.30. The Morgan fingerprint density at radius 1 is 0.333 bits per heavy atom. The minimum Gasteiger partial charge on any atom is -0.455 e. The van der Waals surface area contributed by atoms with E-state index in [0.717, 1.165) is 49.7 Å². The van der Waals surface area contributed by atoms with E-state index in [1.165, 1.54) is 0 Å². The first-order chi connectivity index (χ1) is 30.1. The second kappa shape index (κ2) is 12.2. The molecule has 0 spiro atoms. The van der Waals surface area contributed by atoms with Crippen LogP contribution in [0.4, 0.5) is 0 Å². The van der Waals surface area contributed by atoms with Crippen LogP contribution in [0.3, 0.4) is 0 Å². The Hall–Kier alpha value is -7.16. The van der Waals surface area contributed by atoms with Crippen LogP contribution >= 0.6 is 0 Å². The summed E-state index contributed by atoms with van der Waals surface area (Å²) in [6, 6.07) is 43.8. The molecule has 0 amide bonds. The Balaban J connectivity index is 1.17. The predicted molar refractivity (Wildman–Crippen MR) is 226 cm³/mol. The third kappa shape index (κ3) is 4.67.